The van der Waals surface area contributed by atoms with Crippen LogP contribution in [0.25, 0.3) is 0 Å². The molecule has 1 aliphatic rings. The fourth-order valence-electron chi connectivity index (χ4n) is 1.35. The van der Waals surface area contributed by atoms with E-state index in [1.165, 1.54) is 0 Å². The topological polar surface area (TPSA) is 43.1 Å². The molecule has 1 fully saturated rings. The minimum Gasteiger partial charge on any atom is -0.264 e. The fraction of sp³-hybridized carbons (Fsp3) is 1.00. The molecule has 0 aliphatic heterocycles. The van der Waals surface area contributed by atoms with Gasteiger partial charge in [0.2, 0.25) is 6.04 Å². The molecule has 2 unspecified atom stereocenters. The Morgan fingerprint density at radius 3 is 2.10 bits per heavy atom. The van der Waals surface area contributed by atoms with Crippen molar-refractivity contribution >= 4 is 0 Å². The molecule has 3 heteroatoms. The van der Waals surface area contributed by atoms with E-state index in [1.54, 1.807) is 0 Å². The lowest BCUT2D eigenvalue weighted by molar-refractivity contribution is -0.499. The standard InChI is InChI=1S/C7H13NO2/c1-7(2,3)5-4-6(5)8(9)10/h5-6H,4H2,1-3H3. The van der Waals surface area contributed by atoms with E-state index in [-0.39, 0.29) is 16.4 Å². The predicted molar refractivity (Wildman–Crippen MR) is 38.3 cm³/mol. The summed E-state index contributed by atoms with van der Waals surface area (Å²) in [5.74, 6) is 0.308. The summed E-state index contributed by atoms with van der Waals surface area (Å²) in [6.45, 7) is 6.17. The van der Waals surface area contributed by atoms with Crippen LogP contribution >= 0.6 is 0 Å². The lowest BCUT2D eigenvalue weighted by Crippen LogP contribution is -2.15. The zero-order chi connectivity index (χ0) is 7.94. The summed E-state index contributed by atoms with van der Waals surface area (Å²) in [6.07, 6.45) is 0.774. The highest BCUT2D eigenvalue weighted by atomic mass is 16.6. The van der Waals surface area contributed by atoms with Gasteiger partial charge in [-0.1, -0.05) is 20.8 Å². The number of hydrogen-bond donors (Lipinski definition) is 0. The van der Waals surface area contributed by atoms with Gasteiger partial charge in [-0.15, -0.1) is 0 Å². The van der Waals surface area contributed by atoms with Crippen molar-refractivity contribution < 1.29 is 4.92 Å². The van der Waals surface area contributed by atoms with Crippen LogP contribution in [0.2, 0.25) is 0 Å². The van der Waals surface area contributed by atoms with E-state index in [4.69, 9.17) is 0 Å². The number of nitrogens with zero attached hydrogens (tertiary/aromatic N) is 1. The summed E-state index contributed by atoms with van der Waals surface area (Å²) in [5.41, 5.74) is 0.123. The lowest BCUT2D eigenvalue weighted by atomic mass is 9.90. The Morgan fingerprint density at radius 2 is 2.00 bits per heavy atom. The number of rotatable bonds is 1. The number of nitro groups is 1. The largest absolute Gasteiger partial charge is 0.264 e. The van der Waals surface area contributed by atoms with Gasteiger partial charge in [-0.3, -0.25) is 10.1 Å². The molecule has 10 heavy (non-hydrogen) atoms. The third kappa shape index (κ3) is 1.28. The van der Waals surface area contributed by atoms with Gasteiger partial charge in [-0.05, 0) is 5.41 Å². The van der Waals surface area contributed by atoms with Crippen LogP contribution in [0.15, 0.2) is 0 Å². The Kier molecular flexibility index (Phi) is 1.46. The first-order valence-electron chi connectivity index (χ1n) is 3.56. The van der Waals surface area contributed by atoms with Gasteiger partial charge in [0.05, 0.1) is 0 Å². The summed E-state index contributed by atoms with van der Waals surface area (Å²) >= 11 is 0. The summed E-state index contributed by atoms with van der Waals surface area (Å²) in [5, 5.41) is 10.2. The molecule has 0 bridgehead atoms. The quantitative estimate of drug-likeness (QED) is 0.414. The summed E-state index contributed by atoms with van der Waals surface area (Å²) < 4.78 is 0. The van der Waals surface area contributed by atoms with Crippen LogP contribution in [0.3, 0.4) is 0 Å². The van der Waals surface area contributed by atoms with E-state index < -0.39 is 0 Å². The van der Waals surface area contributed by atoms with Crippen LogP contribution in [0.4, 0.5) is 0 Å². The van der Waals surface area contributed by atoms with Crippen molar-refractivity contribution in [2.45, 2.75) is 33.2 Å². The van der Waals surface area contributed by atoms with Crippen molar-refractivity contribution in [2.75, 3.05) is 0 Å². The number of hydrogen-bond acceptors (Lipinski definition) is 2. The molecule has 58 valence electrons. The highest BCUT2D eigenvalue weighted by Crippen LogP contribution is 2.46. The molecule has 0 aromatic rings. The van der Waals surface area contributed by atoms with Gasteiger partial charge in [0.25, 0.3) is 0 Å². The van der Waals surface area contributed by atoms with E-state index in [9.17, 15) is 10.1 Å². The Balaban J connectivity index is 2.46. The van der Waals surface area contributed by atoms with Crippen LogP contribution in [0.5, 0.6) is 0 Å². The monoisotopic (exact) mass is 143 g/mol. The zero-order valence-electron chi connectivity index (χ0n) is 6.63. The van der Waals surface area contributed by atoms with Crippen molar-refractivity contribution in [3.63, 3.8) is 0 Å². The van der Waals surface area contributed by atoms with Crippen molar-refractivity contribution in [1.82, 2.24) is 0 Å². The van der Waals surface area contributed by atoms with E-state index in [1.807, 2.05) is 0 Å². The van der Waals surface area contributed by atoms with Gasteiger partial charge in [0, 0.05) is 17.3 Å². The predicted octanol–water partition coefficient (Wildman–Crippen LogP) is 1.70. The van der Waals surface area contributed by atoms with Gasteiger partial charge in [-0.2, -0.15) is 0 Å². The molecular weight excluding hydrogens is 130 g/mol. The van der Waals surface area contributed by atoms with Gasteiger partial charge in [0.1, 0.15) is 0 Å². The maximum Gasteiger partial charge on any atom is 0.217 e. The van der Waals surface area contributed by atoms with Crippen molar-refractivity contribution in [3.8, 4) is 0 Å². The molecule has 1 aliphatic carbocycles. The van der Waals surface area contributed by atoms with Crippen molar-refractivity contribution in [1.29, 1.82) is 0 Å². The van der Waals surface area contributed by atoms with Gasteiger partial charge < -0.3 is 0 Å². The lowest BCUT2D eigenvalue weighted by Gasteiger charge is -2.14. The van der Waals surface area contributed by atoms with E-state index in [2.05, 4.69) is 20.8 Å². The Labute approximate surface area is 60.6 Å². The minimum atomic E-state index is -0.250. The second-order valence-corrected chi connectivity index (χ2v) is 4.06. The van der Waals surface area contributed by atoms with Gasteiger partial charge >= 0.3 is 0 Å². The normalized spacial score (nSPS) is 31.9. The van der Waals surface area contributed by atoms with Crippen LogP contribution < -0.4 is 0 Å². The molecule has 1 saturated carbocycles. The first-order chi connectivity index (χ1) is 4.43. The average molecular weight is 143 g/mol. The second-order valence-electron chi connectivity index (χ2n) is 4.06. The maximum atomic E-state index is 10.2. The second kappa shape index (κ2) is 1.94. The summed E-state index contributed by atoms with van der Waals surface area (Å²) in [4.78, 5) is 10.1. The molecule has 0 aromatic carbocycles. The van der Waals surface area contributed by atoms with E-state index in [0.717, 1.165) is 6.42 Å². The minimum absolute atomic E-state index is 0.123. The molecule has 0 radical (unpaired) electrons. The first-order valence-corrected chi connectivity index (χ1v) is 3.56. The van der Waals surface area contributed by atoms with Gasteiger partial charge in [0.15, 0.2) is 0 Å². The summed E-state index contributed by atoms with van der Waals surface area (Å²) in [7, 11) is 0. The molecule has 3 nitrogen and oxygen atoms in total. The molecule has 0 spiro atoms. The van der Waals surface area contributed by atoms with E-state index >= 15 is 0 Å². The average Bonchev–Trinajstić information content (AvgIpc) is 2.35. The first kappa shape index (κ1) is 7.51. The van der Waals surface area contributed by atoms with Crippen LogP contribution in [-0.2, 0) is 0 Å². The zero-order valence-corrected chi connectivity index (χ0v) is 6.63. The third-order valence-electron chi connectivity index (χ3n) is 2.14. The maximum absolute atomic E-state index is 10.2. The molecule has 0 N–H and O–H groups in total. The van der Waals surface area contributed by atoms with Crippen LogP contribution in [0.1, 0.15) is 27.2 Å². The molecule has 0 heterocycles. The van der Waals surface area contributed by atoms with Gasteiger partial charge in [-0.25, -0.2) is 0 Å². The smallest absolute Gasteiger partial charge is 0.217 e. The molecule has 1 rings (SSSR count). The SMILES string of the molecule is CC(C)(C)C1CC1[N+](=O)[O-]. The molecular formula is C7H13NO2. The Bertz CT molecular complexity index is 159. The molecule has 0 aromatic heterocycles. The highest BCUT2D eigenvalue weighted by Gasteiger charge is 2.54. The fourth-order valence-corrected chi connectivity index (χ4v) is 1.35. The van der Waals surface area contributed by atoms with Crippen molar-refractivity contribution in [3.05, 3.63) is 10.1 Å². The molecule has 2 atom stereocenters. The highest BCUT2D eigenvalue weighted by molar-refractivity contribution is 4.94. The molecule has 0 saturated heterocycles. The van der Waals surface area contributed by atoms with Crippen LogP contribution in [-0.4, -0.2) is 11.0 Å². The van der Waals surface area contributed by atoms with E-state index in [0.29, 0.717) is 5.92 Å². The molecule has 0 amide bonds. The third-order valence-corrected chi connectivity index (χ3v) is 2.14. The van der Waals surface area contributed by atoms with Crippen molar-refractivity contribution in [2.24, 2.45) is 11.3 Å². The Morgan fingerprint density at radius 1 is 1.50 bits per heavy atom. The summed E-state index contributed by atoms with van der Waals surface area (Å²) in [6, 6.07) is -0.250. The van der Waals surface area contributed by atoms with Crippen LogP contribution in [0, 0.1) is 21.4 Å². The Hall–Kier alpha value is -0.600.